The van der Waals surface area contributed by atoms with Crippen LogP contribution in [0.1, 0.15) is 60.8 Å². The molecule has 0 aliphatic rings. The molecule has 0 radical (unpaired) electrons. The van der Waals surface area contributed by atoms with Crippen LogP contribution in [0.3, 0.4) is 0 Å². The molecule has 1 atom stereocenters. The number of halogens is 2. The third-order valence-electron chi connectivity index (χ3n) is 6.64. The summed E-state index contributed by atoms with van der Waals surface area (Å²) in [5, 5.41) is 1.73. The van der Waals surface area contributed by atoms with Crippen LogP contribution in [0.25, 0.3) is 27.4 Å². The highest BCUT2D eigenvalue weighted by atomic mass is 35.5. The number of aryl methyl sites for hydroxylation is 1. The van der Waals surface area contributed by atoms with Gasteiger partial charge in [0.1, 0.15) is 17.3 Å². The van der Waals surface area contributed by atoms with Gasteiger partial charge in [0.15, 0.2) is 5.78 Å². The van der Waals surface area contributed by atoms with Gasteiger partial charge in [0.05, 0.1) is 34.0 Å². The van der Waals surface area contributed by atoms with Crippen LogP contribution in [0.5, 0.6) is 0 Å². The molecule has 2 heterocycles. The van der Waals surface area contributed by atoms with Crippen LogP contribution in [0, 0.1) is 12.7 Å². The van der Waals surface area contributed by atoms with Crippen molar-refractivity contribution in [3.8, 4) is 0 Å². The fourth-order valence-electron chi connectivity index (χ4n) is 4.67. The number of hydrogen-bond donors (Lipinski definition) is 1. The van der Waals surface area contributed by atoms with Gasteiger partial charge in [-0.15, -0.1) is 0 Å². The fourth-order valence-corrected chi connectivity index (χ4v) is 5.39. The van der Waals surface area contributed by atoms with E-state index in [1.807, 2.05) is 38.1 Å². The van der Waals surface area contributed by atoms with Crippen molar-refractivity contribution in [2.45, 2.75) is 47.1 Å². The molecule has 0 bridgehead atoms. The summed E-state index contributed by atoms with van der Waals surface area (Å²) < 4.78 is 31.7. The maximum atomic E-state index is 15.1. The van der Waals surface area contributed by atoms with Crippen molar-refractivity contribution in [2.75, 3.05) is 5.75 Å². The Labute approximate surface area is 241 Å². The lowest BCUT2D eigenvalue weighted by Gasteiger charge is -2.15. The summed E-state index contributed by atoms with van der Waals surface area (Å²) in [5.41, 5.74) is 2.89. The molecule has 40 heavy (non-hydrogen) atoms. The zero-order valence-corrected chi connectivity index (χ0v) is 24.5. The molecule has 1 N–H and O–H groups in total. The van der Waals surface area contributed by atoms with Crippen LogP contribution >= 0.6 is 11.6 Å². The van der Waals surface area contributed by atoms with Gasteiger partial charge in [-0.1, -0.05) is 55.0 Å². The van der Waals surface area contributed by atoms with E-state index in [9.17, 15) is 14.1 Å². The van der Waals surface area contributed by atoms with Crippen LogP contribution in [-0.2, 0) is 22.7 Å². The molecule has 0 fully saturated rings. The number of Topliss-reactive ketones (excluding diaryl/α,β-unsaturated/α-hetero) is 1. The quantitative estimate of drug-likeness (QED) is 0.123. The normalized spacial score (nSPS) is 12.9. The summed E-state index contributed by atoms with van der Waals surface area (Å²) >= 11 is 5.17. The first-order valence-corrected chi connectivity index (χ1v) is 14.8. The maximum absolute atomic E-state index is 15.1. The number of rotatable bonds is 10. The van der Waals surface area contributed by atoms with Crippen molar-refractivity contribution < 1.29 is 18.5 Å². The Hall–Kier alpha value is -3.46. The van der Waals surface area contributed by atoms with E-state index in [0.29, 0.717) is 50.1 Å². The standard InChI is InChI=1S/C31H31ClFN3O3S/c1-5-8-12-22(27(37)11-6-2)28-23-15-19(4)24(33)16-26(23)36(30(28)31(38)35-40(39)7-3)18-20-17-34-25-14-10-9-13-21(25)29(20)32/h5,8-10,12-17H,6-7,11,18H2,1-4H3,(H,35,38)/b8-5-,22-12+. The summed E-state index contributed by atoms with van der Waals surface area (Å²) in [6.45, 7) is 7.12. The van der Waals surface area contributed by atoms with E-state index in [1.54, 1.807) is 48.9 Å². The van der Waals surface area contributed by atoms with E-state index in [2.05, 4.69) is 9.71 Å². The molecular weight excluding hydrogens is 549 g/mol. The Kier molecular flexibility index (Phi) is 9.45. The first-order valence-electron chi connectivity index (χ1n) is 13.1. The fraction of sp³-hybridized carbons (Fsp3) is 0.258. The zero-order chi connectivity index (χ0) is 29.0. The van der Waals surface area contributed by atoms with Crippen LogP contribution in [0.2, 0.25) is 5.02 Å². The zero-order valence-electron chi connectivity index (χ0n) is 22.9. The highest BCUT2D eigenvalue weighted by molar-refractivity contribution is 7.90. The van der Waals surface area contributed by atoms with E-state index in [0.717, 1.165) is 5.39 Å². The van der Waals surface area contributed by atoms with Gasteiger partial charge in [-0.25, -0.2) is 4.39 Å². The summed E-state index contributed by atoms with van der Waals surface area (Å²) in [5.74, 6) is -1.04. The molecule has 0 saturated heterocycles. The lowest BCUT2D eigenvalue weighted by molar-refractivity contribution is -0.113. The number of para-hydroxylation sites is 1. The van der Waals surface area contributed by atoms with Crippen molar-refractivity contribution in [2.24, 2.45) is 0 Å². The number of fused-ring (bicyclic) bond motifs is 2. The number of carbonyl (C=O) groups is 2. The minimum absolute atomic E-state index is 0.0655. The monoisotopic (exact) mass is 579 g/mol. The lowest BCUT2D eigenvalue weighted by Crippen LogP contribution is -2.34. The second-order valence-corrected chi connectivity index (χ2v) is 11.2. The third kappa shape index (κ3) is 5.84. The number of pyridine rings is 1. The van der Waals surface area contributed by atoms with Gasteiger partial charge >= 0.3 is 5.91 Å². The number of benzene rings is 2. The number of aromatic nitrogens is 2. The minimum Gasteiger partial charge on any atom is -0.593 e. The van der Waals surface area contributed by atoms with Gasteiger partial charge in [0, 0.05) is 40.1 Å². The second-order valence-electron chi connectivity index (χ2n) is 9.39. The van der Waals surface area contributed by atoms with Crippen LogP contribution in [-0.4, -0.2) is 31.5 Å². The Morgan fingerprint density at radius 2 is 1.95 bits per heavy atom. The molecule has 2 aromatic carbocycles. The van der Waals surface area contributed by atoms with Gasteiger partial charge < -0.3 is 9.12 Å². The highest BCUT2D eigenvalue weighted by Crippen LogP contribution is 2.37. The van der Waals surface area contributed by atoms with Gasteiger partial charge in [-0.05, 0) is 51.0 Å². The Bertz CT molecular complexity index is 1660. The first-order chi connectivity index (χ1) is 19.2. The molecule has 208 valence electrons. The highest BCUT2D eigenvalue weighted by Gasteiger charge is 2.30. The number of amides is 1. The van der Waals surface area contributed by atoms with Crippen molar-refractivity contribution >= 4 is 62.0 Å². The van der Waals surface area contributed by atoms with E-state index in [4.69, 9.17) is 11.6 Å². The largest absolute Gasteiger partial charge is 0.593 e. The molecule has 0 spiro atoms. The number of carbonyl (C=O) groups excluding carboxylic acids is 2. The predicted molar refractivity (Wildman–Crippen MR) is 161 cm³/mol. The molecule has 0 aliphatic heterocycles. The number of nitrogens with one attached hydrogen (secondary N) is 1. The number of ketones is 1. The number of allylic oxidation sites excluding steroid dienone is 4. The Balaban J connectivity index is 2.09. The summed E-state index contributed by atoms with van der Waals surface area (Å²) in [7, 11) is 0. The van der Waals surface area contributed by atoms with Crippen LogP contribution < -0.4 is 4.72 Å². The topological polar surface area (TPSA) is 87.0 Å². The molecule has 0 aliphatic carbocycles. The lowest BCUT2D eigenvalue weighted by atomic mass is 9.94. The van der Waals surface area contributed by atoms with Crippen molar-refractivity contribution in [3.05, 3.63) is 94.0 Å². The third-order valence-corrected chi connectivity index (χ3v) is 8.02. The minimum atomic E-state index is -1.65. The summed E-state index contributed by atoms with van der Waals surface area (Å²) in [6, 6.07) is 10.4. The molecule has 6 nitrogen and oxygen atoms in total. The SMILES string of the molecule is C/C=C\C=C(/C(=O)CCC)c1c(C(=O)N[S+]([O-])CC)n(Cc2cnc3ccccc3c2Cl)c2cc(F)c(C)cc12. The number of hydrogen-bond acceptors (Lipinski definition) is 4. The molecule has 2 aromatic heterocycles. The first kappa shape index (κ1) is 29.5. The average molecular weight is 580 g/mol. The predicted octanol–water partition coefficient (Wildman–Crippen LogP) is 7.08. The molecule has 1 unspecified atom stereocenters. The summed E-state index contributed by atoms with van der Waals surface area (Å²) in [6.07, 6.45) is 7.70. The van der Waals surface area contributed by atoms with Crippen molar-refractivity contribution in [3.63, 3.8) is 0 Å². The molecule has 0 saturated carbocycles. The molecule has 4 aromatic rings. The van der Waals surface area contributed by atoms with E-state index < -0.39 is 23.1 Å². The molecular formula is C31H31ClFN3O3S. The summed E-state index contributed by atoms with van der Waals surface area (Å²) in [4.78, 5) is 31.8. The number of nitrogens with zero attached hydrogens (tertiary/aromatic N) is 2. The molecule has 9 heteroatoms. The van der Waals surface area contributed by atoms with Crippen molar-refractivity contribution in [1.82, 2.24) is 14.3 Å². The van der Waals surface area contributed by atoms with Crippen LogP contribution in [0.15, 0.2) is 60.8 Å². The smallest absolute Gasteiger partial charge is 0.309 e. The van der Waals surface area contributed by atoms with Gasteiger partial charge in [0.2, 0.25) is 0 Å². The van der Waals surface area contributed by atoms with E-state index in [1.165, 1.54) is 6.07 Å². The van der Waals surface area contributed by atoms with E-state index >= 15 is 4.39 Å². The molecule has 4 rings (SSSR count). The van der Waals surface area contributed by atoms with E-state index in [-0.39, 0.29) is 30.2 Å². The van der Waals surface area contributed by atoms with Gasteiger partial charge in [-0.3, -0.25) is 14.6 Å². The second kappa shape index (κ2) is 12.8. The maximum Gasteiger partial charge on any atom is 0.309 e. The van der Waals surface area contributed by atoms with Crippen molar-refractivity contribution in [1.29, 1.82) is 0 Å². The van der Waals surface area contributed by atoms with Gasteiger partial charge in [-0.2, -0.15) is 4.72 Å². The van der Waals surface area contributed by atoms with Crippen LogP contribution in [0.4, 0.5) is 4.39 Å². The Morgan fingerprint density at radius 1 is 1.20 bits per heavy atom. The van der Waals surface area contributed by atoms with Gasteiger partial charge in [0.25, 0.3) is 0 Å². The Morgan fingerprint density at radius 3 is 2.65 bits per heavy atom. The average Bonchev–Trinajstić information content (AvgIpc) is 3.23. The molecule has 1 amide bonds.